The van der Waals surface area contributed by atoms with Gasteiger partial charge in [-0.05, 0) is 60.7 Å². The molecule has 1 fully saturated rings. The van der Waals surface area contributed by atoms with Gasteiger partial charge in [-0.25, -0.2) is 0 Å². The molecule has 0 unspecified atom stereocenters. The molecule has 7 heteroatoms. The second kappa shape index (κ2) is 9.33. The van der Waals surface area contributed by atoms with E-state index in [0.717, 1.165) is 17.7 Å². The fourth-order valence-electron chi connectivity index (χ4n) is 4.42. The van der Waals surface area contributed by atoms with Gasteiger partial charge in [-0.2, -0.15) is 0 Å². The fraction of sp³-hybridized carbons (Fsp3) is 0.333. The maximum Gasteiger partial charge on any atom is 0.228 e. The molecule has 0 spiro atoms. The monoisotopic (exact) mass is 458 g/mol. The zero-order valence-electron chi connectivity index (χ0n) is 17.2. The number of ether oxygens (including phenoxy) is 1. The first-order chi connectivity index (χ1) is 15.0. The average molecular weight is 459 g/mol. The number of hydrogen-bond acceptors (Lipinski definition) is 3. The van der Waals surface area contributed by atoms with E-state index in [0.29, 0.717) is 35.2 Å². The largest absolute Gasteiger partial charge is 0.497 e. The molecule has 4 rings (SSSR count). The molecule has 1 N–H and O–H groups in total. The molecule has 2 amide bonds. The molecule has 0 saturated carbocycles. The first-order valence-corrected chi connectivity index (χ1v) is 11.1. The molecule has 2 aromatic carbocycles. The number of carbonyl (C=O) groups is 2. The van der Waals surface area contributed by atoms with Crippen molar-refractivity contribution in [3.05, 3.63) is 70.2 Å². The van der Waals surface area contributed by atoms with Crippen LogP contribution in [0.5, 0.6) is 5.75 Å². The average Bonchev–Trinajstić information content (AvgIpc) is 2.78. The Kier molecular flexibility index (Phi) is 6.54. The van der Waals surface area contributed by atoms with Gasteiger partial charge in [-0.3, -0.25) is 9.59 Å². The molecule has 1 heterocycles. The maximum absolute atomic E-state index is 13.4. The summed E-state index contributed by atoms with van der Waals surface area (Å²) in [6, 6.07) is 12.6. The van der Waals surface area contributed by atoms with E-state index >= 15 is 0 Å². The van der Waals surface area contributed by atoms with Gasteiger partial charge in [-0.1, -0.05) is 41.4 Å². The SMILES string of the molecule is COc1ccc(NC(=O)[C@@H]2CC=C[C@@H]3CCN(Cc4ccc(Cl)c(Cl)c4)C(=O)[C@@H]32)cc1. The van der Waals surface area contributed by atoms with E-state index in [1.807, 2.05) is 17.0 Å². The van der Waals surface area contributed by atoms with Crippen molar-refractivity contribution < 1.29 is 14.3 Å². The van der Waals surface area contributed by atoms with E-state index in [2.05, 4.69) is 11.4 Å². The lowest BCUT2D eigenvalue weighted by Crippen LogP contribution is -2.50. The maximum atomic E-state index is 13.4. The summed E-state index contributed by atoms with van der Waals surface area (Å²) in [4.78, 5) is 28.3. The fourth-order valence-corrected chi connectivity index (χ4v) is 4.74. The van der Waals surface area contributed by atoms with Gasteiger partial charge in [0.25, 0.3) is 0 Å². The lowest BCUT2D eigenvalue weighted by atomic mass is 9.71. The number of allylic oxidation sites excluding steroid dienone is 2. The van der Waals surface area contributed by atoms with Crippen LogP contribution in [0.25, 0.3) is 0 Å². The third kappa shape index (κ3) is 4.73. The summed E-state index contributed by atoms with van der Waals surface area (Å²) in [6.07, 6.45) is 5.51. The molecule has 3 atom stereocenters. The van der Waals surface area contributed by atoms with Crippen LogP contribution in [0.15, 0.2) is 54.6 Å². The van der Waals surface area contributed by atoms with Crippen molar-refractivity contribution in [2.45, 2.75) is 19.4 Å². The molecular formula is C24H24Cl2N2O3. The van der Waals surface area contributed by atoms with E-state index in [4.69, 9.17) is 27.9 Å². The molecule has 0 radical (unpaired) electrons. The van der Waals surface area contributed by atoms with E-state index in [1.165, 1.54) is 0 Å². The van der Waals surface area contributed by atoms with Crippen LogP contribution in [0.4, 0.5) is 5.69 Å². The number of carbonyl (C=O) groups excluding carboxylic acids is 2. The number of methoxy groups -OCH3 is 1. The molecule has 2 aromatic rings. The molecule has 1 saturated heterocycles. The molecule has 162 valence electrons. The van der Waals surface area contributed by atoms with Gasteiger partial charge in [0.05, 0.1) is 29.0 Å². The number of piperidine rings is 1. The van der Waals surface area contributed by atoms with Gasteiger partial charge < -0.3 is 15.0 Å². The highest BCUT2D eigenvalue weighted by atomic mass is 35.5. The molecule has 2 aliphatic rings. The van der Waals surface area contributed by atoms with Crippen LogP contribution in [0.2, 0.25) is 10.0 Å². The Bertz CT molecular complexity index is 1010. The van der Waals surface area contributed by atoms with E-state index in [-0.39, 0.29) is 23.7 Å². The van der Waals surface area contributed by atoms with Crippen LogP contribution in [0.3, 0.4) is 0 Å². The van der Waals surface area contributed by atoms with Crippen molar-refractivity contribution in [1.29, 1.82) is 0 Å². The Balaban J connectivity index is 1.49. The summed E-state index contributed by atoms with van der Waals surface area (Å²) in [5, 5.41) is 3.92. The Morgan fingerprint density at radius 2 is 1.94 bits per heavy atom. The second-order valence-corrected chi connectivity index (χ2v) is 8.79. The van der Waals surface area contributed by atoms with Gasteiger partial charge in [-0.15, -0.1) is 0 Å². The minimum atomic E-state index is -0.402. The van der Waals surface area contributed by atoms with Crippen LogP contribution < -0.4 is 10.1 Å². The number of hydrogen-bond donors (Lipinski definition) is 1. The Morgan fingerprint density at radius 1 is 1.16 bits per heavy atom. The summed E-state index contributed by atoms with van der Waals surface area (Å²) in [5.74, 6) is -0.0752. The molecule has 0 aromatic heterocycles. The zero-order valence-corrected chi connectivity index (χ0v) is 18.7. The standard InChI is InChI=1S/C24H24Cl2N2O3/c1-31-18-8-6-17(7-9-18)27-23(29)19-4-2-3-16-11-12-28(24(30)22(16)19)14-15-5-10-20(25)21(26)13-15/h2-3,5-10,13,16,19,22H,4,11-12,14H2,1H3,(H,27,29)/t16-,19-,22+/m1/s1. The van der Waals surface area contributed by atoms with Crippen molar-refractivity contribution in [3.8, 4) is 5.75 Å². The molecule has 1 aliphatic carbocycles. The summed E-state index contributed by atoms with van der Waals surface area (Å²) in [7, 11) is 1.60. The van der Waals surface area contributed by atoms with Crippen molar-refractivity contribution in [2.24, 2.45) is 17.8 Å². The summed E-state index contributed by atoms with van der Waals surface area (Å²) in [6.45, 7) is 1.10. The molecule has 1 aliphatic heterocycles. The van der Waals surface area contributed by atoms with Crippen molar-refractivity contribution >= 4 is 40.7 Å². The lowest BCUT2D eigenvalue weighted by Gasteiger charge is -2.41. The van der Waals surface area contributed by atoms with Crippen molar-refractivity contribution in [3.63, 3.8) is 0 Å². The van der Waals surface area contributed by atoms with E-state index in [9.17, 15) is 9.59 Å². The van der Waals surface area contributed by atoms with Crippen molar-refractivity contribution in [1.82, 2.24) is 4.90 Å². The van der Waals surface area contributed by atoms with Crippen LogP contribution >= 0.6 is 23.2 Å². The van der Waals surface area contributed by atoms with Crippen molar-refractivity contribution in [2.75, 3.05) is 19.0 Å². The Morgan fingerprint density at radius 3 is 2.65 bits per heavy atom. The van der Waals surface area contributed by atoms with Gasteiger partial charge in [0.15, 0.2) is 0 Å². The third-order valence-electron chi connectivity index (χ3n) is 6.05. The quantitative estimate of drug-likeness (QED) is 0.627. The molecule has 31 heavy (non-hydrogen) atoms. The normalized spacial score (nSPS) is 22.7. The highest BCUT2D eigenvalue weighted by Crippen LogP contribution is 2.38. The highest BCUT2D eigenvalue weighted by molar-refractivity contribution is 6.42. The van der Waals surface area contributed by atoms with Crippen LogP contribution in [0, 0.1) is 17.8 Å². The number of anilines is 1. The van der Waals surface area contributed by atoms with Gasteiger partial charge in [0, 0.05) is 18.8 Å². The van der Waals surface area contributed by atoms with Crippen LogP contribution in [-0.2, 0) is 16.1 Å². The van der Waals surface area contributed by atoms with Gasteiger partial charge in [0.1, 0.15) is 5.75 Å². The van der Waals surface area contributed by atoms with E-state index in [1.54, 1.807) is 43.5 Å². The first-order valence-electron chi connectivity index (χ1n) is 10.3. The Hall–Kier alpha value is -2.50. The Labute approximate surface area is 192 Å². The number of nitrogens with zero attached hydrogens (tertiary/aromatic N) is 1. The summed E-state index contributed by atoms with van der Waals surface area (Å²) in [5.41, 5.74) is 1.61. The number of halogens is 2. The highest BCUT2D eigenvalue weighted by Gasteiger charge is 2.44. The lowest BCUT2D eigenvalue weighted by molar-refractivity contribution is -0.147. The van der Waals surface area contributed by atoms with Crippen LogP contribution in [-0.4, -0.2) is 30.4 Å². The molecule has 5 nitrogen and oxygen atoms in total. The molecular weight excluding hydrogens is 435 g/mol. The first kappa shape index (κ1) is 21.7. The number of nitrogens with one attached hydrogen (secondary N) is 1. The number of benzene rings is 2. The smallest absolute Gasteiger partial charge is 0.228 e. The predicted molar refractivity (Wildman–Crippen MR) is 122 cm³/mol. The van der Waals surface area contributed by atoms with E-state index < -0.39 is 5.92 Å². The topological polar surface area (TPSA) is 58.6 Å². The van der Waals surface area contributed by atoms with Gasteiger partial charge in [0.2, 0.25) is 11.8 Å². The number of rotatable bonds is 5. The molecule has 0 bridgehead atoms. The summed E-state index contributed by atoms with van der Waals surface area (Å²) < 4.78 is 5.16. The van der Waals surface area contributed by atoms with Crippen LogP contribution in [0.1, 0.15) is 18.4 Å². The number of amides is 2. The summed E-state index contributed by atoms with van der Waals surface area (Å²) >= 11 is 12.1. The number of likely N-dealkylation sites (tertiary alicyclic amines) is 1. The second-order valence-electron chi connectivity index (χ2n) is 7.97. The number of fused-ring (bicyclic) bond motifs is 1. The third-order valence-corrected chi connectivity index (χ3v) is 6.79. The van der Waals surface area contributed by atoms with Gasteiger partial charge >= 0.3 is 0 Å². The minimum absolute atomic E-state index is 0.0153. The predicted octanol–water partition coefficient (Wildman–Crippen LogP) is 5.18. The minimum Gasteiger partial charge on any atom is -0.497 e. The zero-order chi connectivity index (χ0) is 22.0.